The Hall–Kier alpha value is -2.88. The fraction of sp³-hybridized carbons (Fsp3) is 0.0370. The van der Waals surface area contributed by atoms with E-state index in [1.165, 1.54) is 36.8 Å². The zero-order valence-electron chi connectivity index (χ0n) is 16.4. The number of aromatic amines is 1. The lowest BCUT2D eigenvalue weighted by atomic mass is 10.0. The Labute approximate surface area is 185 Å². The van der Waals surface area contributed by atoms with Gasteiger partial charge in [0.25, 0.3) is 0 Å². The first-order chi connectivity index (χ1) is 14.9. The molecule has 4 aromatic carbocycles. The van der Waals surface area contributed by atoms with Gasteiger partial charge in [-0.15, -0.1) is 11.8 Å². The summed E-state index contributed by atoms with van der Waals surface area (Å²) in [5, 5.41) is 2.68. The Morgan fingerprint density at radius 1 is 0.567 bits per heavy atom. The molecule has 0 saturated carbocycles. The van der Waals surface area contributed by atoms with E-state index in [1.807, 2.05) is 11.8 Å². The highest BCUT2D eigenvalue weighted by Crippen LogP contribution is 2.47. The van der Waals surface area contributed by atoms with Crippen LogP contribution in [0.5, 0.6) is 0 Å². The summed E-state index contributed by atoms with van der Waals surface area (Å²) >= 11 is 3.71. The number of fused-ring (bicyclic) bond motifs is 1. The molecule has 0 radical (unpaired) electrons. The predicted molar refractivity (Wildman–Crippen MR) is 129 cm³/mol. The molecule has 30 heavy (non-hydrogen) atoms. The van der Waals surface area contributed by atoms with Crippen LogP contribution in [0.3, 0.4) is 0 Å². The van der Waals surface area contributed by atoms with Crippen LogP contribution in [-0.4, -0.2) is 4.98 Å². The van der Waals surface area contributed by atoms with Crippen molar-refractivity contribution in [2.24, 2.45) is 0 Å². The minimum atomic E-state index is 0.191. The van der Waals surface area contributed by atoms with Crippen molar-refractivity contribution in [3.63, 3.8) is 0 Å². The van der Waals surface area contributed by atoms with Gasteiger partial charge in [0.05, 0.1) is 10.3 Å². The molecule has 0 aliphatic carbocycles. The van der Waals surface area contributed by atoms with E-state index in [9.17, 15) is 0 Å². The molecule has 146 valence electrons. The number of hydrogen-bond donors (Lipinski definition) is 1. The molecular formula is C27H21NS2. The van der Waals surface area contributed by atoms with Gasteiger partial charge in [-0.25, -0.2) is 0 Å². The monoisotopic (exact) mass is 423 g/mol. The fourth-order valence-corrected chi connectivity index (χ4v) is 5.99. The van der Waals surface area contributed by atoms with E-state index in [0.29, 0.717) is 0 Å². The molecule has 1 nitrogen and oxygen atoms in total. The van der Waals surface area contributed by atoms with Crippen LogP contribution >= 0.6 is 23.5 Å². The third-order valence-electron chi connectivity index (χ3n) is 5.03. The molecule has 0 bridgehead atoms. The number of thioether (sulfide) groups is 1. The van der Waals surface area contributed by atoms with Crippen molar-refractivity contribution in [3.8, 4) is 0 Å². The topological polar surface area (TPSA) is 15.8 Å². The lowest BCUT2D eigenvalue weighted by Gasteiger charge is -2.19. The van der Waals surface area contributed by atoms with Crippen LogP contribution in [0.1, 0.15) is 16.4 Å². The molecule has 0 amide bonds. The first-order valence-electron chi connectivity index (χ1n) is 9.98. The Balaban J connectivity index is 1.67. The van der Waals surface area contributed by atoms with Crippen molar-refractivity contribution in [1.82, 2.24) is 4.98 Å². The second kappa shape index (κ2) is 8.86. The van der Waals surface area contributed by atoms with Gasteiger partial charge in [0.2, 0.25) is 0 Å². The molecule has 3 heteroatoms. The van der Waals surface area contributed by atoms with Gasteiger partial charge < -0.3 is 4.98 Å². The molecule has 1 N–H and O–H groups in total. The molecular weight excluding hydrogens is 402 g/mol. The van der Waals surface area contributed by atoms with Gasteiger partial charge in [-0.05, 0) is 35.9 Å². The summed E-state index contributed by atoms with van der Waals surface area (Å²) in [5.41, 5.74) is 3.84. The number of nitrogens with one attached hydrogen (secondary N) is 1. The summed E-state index contributed by atoms with van der Waals surface area (Å²) in [6.45, 7) is 0. The van der Waals surface area contributed by atoms with Gasteiger partial charge in [0, 0.05) is 26.3 Å². The zero-order chi connectivity index (χ0) is 20.2. The molecule has 0 aliphatic heterocycles. The van der Waals surface area contributed by atoms with Gasteiger partial charge in [-0.2, -0.15) is 0 Å². The second-order valence-corrected chi connectivity index (χ2v) is 9.31. The number of benzene rings is 4. The van der Waals surface area contributed by atoms with Gasteiger partial charge in [0.1, 0.15) is 0 Å². The van der Waals surface area contributed by atoms with E-state index in [0.717, 1.165) is 0 Å². The third-order valence-corrected chi connectivity index (χ3v) is 7.36. The summed E-state index contributed by atoms with van der Waals surface area (Å²) in [6.07, 6.45) is 0. The fourth-order valence-electron chi connectivity index (χ4n) is 3.64. The number of H-pyrrole nitrogens is 1. The maximum Gasteiger partial charge on any atom is 0.0828 e. The molecule has 0 aliphatic rings. The lowest BCUT2D eigenvalue weighted by Crippen LogP contribution is -1.98. The number of hydrogen-bond acceptors (Lipinski definition) is 2. The van der Waals surface area contributed by atoms with Crippen molar-refractivity contribution >= 4 is 34.4 Å². The van der Waals surface area contributed by atoms with Gasteiger partial charge >= 0.3 is 0 Å². The third kappa shape index (κ3) is 4.04. The Morgan fingerprint density at radius 2 is 1.13 bits per heavy atom. The molecule has 0 fully saturated rings. The average molecular weight is 424 g/mol. The van der Waals surface area contributed by atoms with E-state index >= 15 is 0 Å². The zero-order valence-corrected chi connectivity index (χ0v) is 18.0. The Bertz CT molecular complexity index is 1230. The summed E-state index contributed by atoms with van der Waals surface area (Å²) < 4.78 is 0. The smallest absolute Gasteiger partial charge is 0.0828 e. The molecule has 0 saturated heterocycles. The minimum Gasteiger partial charge on any atom is -0.349 e. The van der Waals surface area contributed by atoms with Gasteiger partial charge in [-0.3, -0.25) is 0 Å². The first-order valence-corrected chi connectivity index (χ1v) is 11.7. The predicted octanol–water partition coefficient (Wildman–Crippen LogP) is 8.20. The molecule has 1 heterocycles. The van der Waals surface area contributed by atoms with E-state index in [1.54, 1.807) is 11.8 Å². The first kappa shape index (κ1) is 19.1. The second-order valence-electron chi connectivity index (χ2n) is 7.05. The Morgan fingerprint density at radius 3 is 1.83 bits per heavy atom. The minimum absolute atomic E-state index is 0.191. The standard InChI is InChI=1S/C27H21NS2/c1-4-12-20(13-5-1)26(29-21-14-6-2-7-15-21)25-23-18-10-11-19-24(23)28-27(25)30-22-16-8-3-9-17-22/h1-19,26,28H. The molecule has 5 aromatic rings. The molecule has 1 unspecified atom stereocenters. The van der Waals surface area contributed by atoms with Gasteiger partial charge in [0.15, 0.2) is 0 Å². The van der Waals surface area contributed by atoms with Crippen molar-refractivity contribution in [2.75, 3.05) is 0 Å². The van der Waals surface area contributed by atoms with Crippen LogP contribution in [0.25, 0.3) is 10.9 Å². The highest BCUT2D eigenvalue weighted by molar-refractivity contribution is 8.00. The van der Waals surface area contributed by atoms with Gasteiger partial charge in [-0.1, -0.05) is 96.7 Å². The highest BCUT2D eigenvalue weighted by Gasteiger charge is 2.24. The maximum absolute atomic E-state index is 3.70. The highest BCUT2D eigenvalue weighted by atomic mass is 32.2. The number of aromatic nitrogens is 1. The Kier molecular flexibility index (Phi) is 5.65. The van der Waals surface area contributed by atoms with E-state index in [-0.39, 0.29) is 5.25 Å². The van der Waals surface area contributed by atoms with E-state index in [2.05, 4.69) is 120 Å². The van der Waals surface area contributed by atoms with Crippen LogP contribution in [0.2, 0.25) is 0 Å². The molecule has 0 spiro atoms. The largest absolute Gasteiger partial charge is 0.349 e. The quantitative estimate of drug-likeness (QED) is 0.277. The van der Waals surface area contributed by atoms with E-state index < -0.39 is 0 Å². The number of rotatable bonds is 6. The summed E-state index contributed by atoms with van der Waals surface area (Å²) in [4.78, 5) is 6.21. The SMILES string of the molecule is c1ccc(Sc2[nH]c3ccccc3c2C(Sc2ccccc2)c2ccccc2)cc1. The normalized spacial score (nSPS) is 12.1. The van der Waals surface area contributed by atoms with Crippen molar-refractivity contribution in [2.45, 2.75) is 20.1 Å². The summed E-state index contributed by atoms with van der Waals surface area (Å²) in [7, 11) is 0. The van der Waals surface area contributed by atoms with Crippen LogP contribution in [0, 0.1) is 0 Å². The molecule has 5 rings (SSSR count). The van der Waals surface area contributed by atoms with Crippen LogP contribution < -0.4 is 0 Å². The van der Waals surface area contributed by atoms with Crippen molar-refractivity contribution in [3.05, 3.63) is 126 Å². The molecule has 1 atom stereocenters. The van der Waals surface area contributed by atoms with Crippen LogP contribution in [0.15, 0.2) is 130 Å². The van der Waals surface area contributed by atoms with Crippen LogP contribution in [-0.2, 0) is 0 Å². The summed E-state index contributed by atoms with van der Waals surface area (Å²) in [5.74, 6) is 0. The lowest BCUT2D eigenvalue weighted by molar-refractivity contribution is 1.07. The number of para-hydroxylation sites is 1. The summed E-state index contributed by atoms with van der Waals surface area (Å²) in [6, 6.07) is 40.7. The average Bonchev–Trinajstić information content (AvgIpc) is 3.17. The van der Waals surface area contributed by atoms with Crippen molar-refractivity contribution in [1.29, 1.82) is 0 Å². The maximum atomic E-state index is 3.70. The van der Waals surface area contributed by atoms with Crippen LogP contribution in [0.4, 0.5) is 0 Å². The van der Waals surface area contributed by atoms with Crippen molar-refractivity contribution < 1.29 is 0 Å². The van der Waals surface area contributed by atoms with E-state index in [4.69, 9.17) is 0 Å². The molecule has 1 aromatic heterocycles.